The van der Waals surface area contributed by atoms with E-state index in [9.17, 15) is 9.59 Å². The number of carbonyl (C=O) groups excluding carboxylic acids is 2. The van der Waals surface area contributed by atoms with Crippen LogP contribution in [0.1, 0.15) is 6.42 Å². The molecule has 98 valence electrons. The van der Waals surface area contributed by atoms with Crippen LogP contribution in [-0.4, -0.2) is 32.1 Å². The number of rotatable bonds is 6. The highest BCUT2D eigenvalue weighted by molar-refractivity contribution is 6.32. The lowest BCUT2D eigenvalue weighted by molar-refractivity contribution is -0.141. The molecule has 1 aromatic rings. The molecule has 0 atom stereocenters. The van der Waals surface area contributed by atoms with E-state index < -0.39 is 5.97 Å². The van der Waals surface area contributed by atoms with Crippen LogP contribution in [0.5, 0.6) is 5.75 Å². The highest BCUT2D eigenvalue weighted by Crippen LogP contribution is 2.22. The first-order valence-electron chi connectivity index (χ1n) is 5.34. The number of hydrogen-bond acceptors (Lipinski definition) is 4. The first kappa shape index (κ1) is 14.3. The Labute approximate surface area is 110 Å². The summed E-state index contributed by atoms with van der Waals surface area (Å²) in [6.45, 7) is 0.0537. The average Bonchev–Trinajstić information content (AvgIpc) is 2.38. The molecule has 1 aromatic carbocycles. The fraction of sp³-hybridized carbons (Fsp3) is 0.333. The van der Waals surface area contributed by atoms with E-state index in [1.54, 1.807) is 24.3 Å². The van der Waals surface area contributed by atoms with Gasteiger partial charge in [0.05, 0.1) is 25.2 Å². The SMILES string of the molecule is COC(=O)CNC(=O)CCOc1ccccc1Cl. The lowest BCUT2D eigenvalue weighted by Crippen LogP contribution is -2.30. The van der Waals surface area contributed by atoms with Gasteiger partial charge in [-0.15, -0.1) is 0 Å². The Kier molecular flexibility index (Phi) is 6.00. The summed E-state index contributed by atoms with van der Waals surface area (Å²) in [6, 6.07) is 7.00. The second kappa shape index (κ2) is 7.55. The molecule has 0 aromatic heterocycles. The second-order valence-corrected chi connectivity index (χ2v) is 3.79. The molecule has 0 bridgehead atoms. The lowest BCUT2D eigenvalue weighted by Gasteiger charge is -2.07. The van der Waals surface area contributed by atoms with Crippen molar-refractivity contribution in [3.8, 4) is 5.75 Å². The van der Waals surface area contributed by atoms with Crippen LogP contribution < -0.4 is 10.1 Å². The molecular weight excluding hydrogens is 258 g/mol. The molecule has 0 saturated carbocycles. The predicted octanol–water partition coefficient (Wildman–Crippen LogP) is 1.40. The summed E-state index contributed by atoms with van der Waals surface area (Å²) >= 11 is 5.87. The van der Waals surface area contributed by atoms with E-state index in [4.69, 9.17) is 16.3 Å². The molecule has 0 radical (unpaired) electrons. The zero-order chi connectivity index (χ0) is 13.4. The Morgan fingerprint density at radius 3 is 2.72 bits per heavy atom. The van der Waals surface area contributed by atoms with Crippen LogP contribution in [0.2, 0.25) is 5.02 Å². The van der Waals surface area contributed by atoms with Crippen molar-refractivity contribution in [3.05, 3.63) is 29.3 Å². The zero-order valence-corrected chi connectivity index (χ0v) is 10.7. The van der Waals surface area contributed by atoms with E-state index in [1.807, 2.05) is 0 Å². The minimum absolute atomic E-state index is 0.137. The van der Waals surface area contributed by atoms with Gasteiger partial charge in [-0.3, -0.25) is 9.59 Å². The topological polar surface area (TPSA) is 64.6 Å². The summed E-state index contributed by atoms with van der Waals surface area (Å²) in [5.41, 5.74) is 0. The Bertz CT molecular complexity index is 422. The Hall–Kier alpha value is -1.75. The molecule has 0 aliphatic rings. The number of methoxy groups -OCH3 is 1. The summed E-state index contributed by atoms with van der Waals surface area (Å²) in [5, 5.41) is 2.90. The number of benzene rings is 1. The van der Waals surface area contributed by atoms with Crippen LogP contribution in [0.25, 0.3) is 0 Å². The number of esters is 1. The minimum Gasteiger partial charge on any atom is -0.491 e. The van der Waals surface area contributed by atoms with E-state index in [-0.39, 0.29) is 25.5 Å². The molecule has 0 unspecified atom stereocenters. The smallest absolute Gasteiger partial charge is 0.325 e. The zero-order valence-electron chi connectivity index (χ0n) is 9.94. The number of para-hydroxylation sites is 1. The van der Waals surface area contributed by atoms with Gasteiger partial charge in [0.1, 0.15) is 12.3 Å². The normalized spacial score (nSPS) is 9.67. The van der Waals surface area contributed by atoms with Crippen molar-refractivity contribution in [1.82, 2.24) is 5.32 Å². The molecule has 6 heteroatoms. The fourth-order valence-corrected chi connectivity index (χ4v) is 1.34. The number of halogens is 1. The molecule has 0 spiro atoms. The van der Waals surface area contributed by atoms with Crippen molar-refractivity contribution >= 4 is 23.5 Å². The van der Waals surface area contributed by atoms with Gasteiger partial charge < -0.3 is 14.8 Å². The monoisotopic (exact) mass is 271 g/mol. The fourth-order valence-electron chi connectivity index (χ4n) is 1.15. The predicted molar refractivity (Wildman–Crippen MR) is 66.6 cm³/mol. The van der Waals surface area contributed by atoms with Gasteiger partial charge in [-0.05, 0) is 12.1 Å². The van der Waals surface area contributed by atoms with Crippen LogP contribution in [0.15, 0.2) is 24.3 Å². The van der Waals surface area contributed by atoms with Crippen molar-refractivity contribution in [2.45, 2.75) is 6.42 Å². The van der Waals surface area contributed by atoms with Gasteiger partial charge in [0.2, 0.25) is 5.91 Å². The van der Waals surface area contributed by atoms with E-state index >= 15 is 0 Å². The molecule has 0 aliphatic heterocycles. The maximum absolute atomic E-state index is 11.3. The van der Waals surface area contributed by atoms with Crippen LogP contribution in [0.4, 0.5) is 0 Å². The average molecular weight is 272 g/mol. The Morgan fingerprint density at radius 1 is 1.33 bits per heavy atom. The summed E-state index contributed by atoms with van der Waals surface area (Å²) in [5.74, 6) is -0.247. The maximum atomic E-state index is 11.3. The molecule has 1 rings (SSSR count). The number of nitrogens with one attached hydrogen (secondary N) is 1. The van der Waals surface area contributed by atoms with Gasteiger partial charge in [-0.2, -0.15) is 0 Å². The largest absolute Gasteiger partial charge is 0.491 e. The Balaban J connectivity index is 2.24. The van der Waals surface area contributed by atoms with Gasteiger partial charge in [-0.25, -0.2) is 0 Å². The van der Waals surface area contributed by atoms with Crippen molar-refractivity contribution in [1.29, 1.82) is 0 Å². The molecule has 1 amide bonds. The maximum Gasteiger partial charge on any atom is 0.325 e. The van der Waals surface area contributed by atoms with E-state index in [0.29, 0.717) is 10.8 Å². The molecular formula is C12H14ClNO4. The van der Waals surface area contributed by atoms with Crippen molar-refractivity contribution < 1.29 is 19.1 Å². The van der Waals surface area contributed by atoms with Gasteiger partial charge >= 0.3 is 5.97 Å². The number of hydrogen-bond donors (Lipinski definition) is 1. The number of carbonyl (C=O) groups is 2. The van der Waals surface area contributed by atoms with E-state index in [1.165, 1.54) is 7.11 Å². The van der Waals surface area contributed by atoms with Gasteiger partial charge in [-0.1, -0.05) is 23.7 Å². The highest BCUT2D eigenvalue weighted by atomic mass is 35.5. The quantitative estimate of drug-likeness (QED) is 0.795. The van der Waals surface area contributed by atoms with Crippen molar-refractivity contribution in [2.24, 2.45) is 0 Å². The summed E-state index contributed by atoms with van der Waals surface area (Å²) in [6.07, 6.45) is 0.141. The standard InChI is InChI=1S/C12H14ClNO4/c1-17-12(16)8-14-11(15)6-7-18-10-5-3-2-4-9(10)13/h2-5H,6-8H2,1H3,(H,14,15). The van der Waals surface area contributed by atoms with Crippen molar-refractivity contribution in [3.63, 3.8) is 0 Å². The van der Waals surface area contributed by atoms with Gasteiger partial charge in [0.25, 0.3) is 0 Å². The van der Waals surface area contributed by atoms with Gasteiger partial charge in [0.15, 0.2) is 0 Å². The molecule has 0 heterocycles. The van der Waals surface area contributed by atoms with E-state index in [2.05, 4.69) is 10.1 Å². The molecule has 0 fully saturated rings. The van der Waals surface area contributed by atoms with E-state index in [0.717, 1.165) is 0 Å². The number of ether oxygens (including phenoxy) is 2. The molecule has 0 saturated heterocycles. The molecule has 18 heavy (non-hydrogen) atoms. The van der Waals surface area contributed by atoms with Crippen molar-refractivity contribution in [2.75, 3.05) is 20.3 Å². The minimum atomic E-state index is -0.490. The van der Waals surface area contributed by atoms with Crippen LogP contribution >= 0.6 is 11.6 Å². The summed E-state index contributed by atoms with van der Waals surface area (Å²) in [7, 11) is 1.26. The third-order valence-electron chi connectivity index (χ3n) is 2.08. The third-order valence-corrected chi connectivity index (χ3v) is 2.39. The first-order chi connectivity index (χ1) is 8.63. The highest BCUT2D eigenvalue weighted by Gasteiger charge is 2.06. The van der Waals surface area contributed by atoms with Crippen LogP contribution in [0, 0.1) is 0 Å². The summed E-state index contributed by atoms with van der Waals surface area (Å²) < 4.78 is 9.72. The Morgan fingerprint density at radius 2 is 2.06 bits per heavy atom. The van der Waals surface area contributed by atoms with Crippen LogP contribution in [-0.2, 0) is 14.3 Å². The third kappa shape index (κ3) is 5.05. The lowest BCUT2D eigenvalue weighted by atomic mass is 10.3. The second-order valence-electron chi connectivity index (χ2n) is 3.38. The summed E-state index contributed by atoms with van der Waals surface area (Å²) in [4.78, 5) is 22.1. The molecule has 0 aliphatic carbocycles. The first-order valence-corrected chi connectivity index (χ1v) is 5.72. The van der Waals surface area contributed by atoms with Gasteiger partial charge in [0, 0.05) is 0 Å². The number of amides is 1. The van der Waals surface area contributed by atoms with Crippen LogP contribution in [0.3, 0.4) is 0 Å². The molecule has 1 N–H and O–H groups in total. The molecule has 5 nitrogen and oxygen atoms in total.